The SMILES string of the molecule is COc1ccc(-c2noc(CSc3nnc(Cc4ccccc4)n3-c3ccc(C)cc3)n2)cc1OC. The van der Waals surface area contributed by atoms with Gasteiger partial charge in [-0.15, -0.1) is 10.2 Å². The van der Waals surface area contributed by atoms with E-state index >= 15 is 0 Å². The molecule has 0 atom stereocenters. The van der Waals surface area contributed by atoms with E-state index in [4.69, 9.17) is 14.0 Å². The van der Waals surface area contributed by atoms with Gasteiger partial charge in [-0.05, 0) is 42.8 Å². The van der Waals surface area contributed by atoms with Gasteiger partial charge in [-0.2, -0.15) is 4.98 Å². The highest BCUT2D eigenvalue weighted by Gasteiger charge is 2.18. The Morgan fingerprint density at radius 3 is 2.42 bits per heavy atom. The van der Waals surface area contributed by atoms with E-state index < -0.39 is 0 Å². The number of thioether (sulfide) groups is 1. The minimum Gasteiger partial charge on any atom is -0.493 e. The van der Waals surface area contributed by atoms with Crippen molar-refractivity contribution < 1.29 is 14.0 Å². The smallest absolute Gasteiger partial charge is 0.237 e. The molecule has 0 bridgehead atoms. The molecule has 0 saturated heterocycles. The van der Waals surface area contributed by atoms with Crippen LogP contribution in [0, 0.1) is 6.92 Å². The Hall–Kier alpha value is -4.11. The first-order chi connectivity index (χ1) is 17.6. The molecule has 5 aromatic rings. The van der Waals surface area contributed by atoms with Crippen molar-refractivity contribution in [3.63, 3.8) is 0 Å². The number of aromatic nitrogens is 5. The van der Waals surface area contributed by atoms with E-state index in [1.165, 1.54) is 22.9 Å². The molecule has 182 valence electrons. The Labute approximate surface area is 213 Å². The van der Waals surface area contributed by atoms with Gasteiger partial charge in [-0.25, -0.2) is 0 Å². The molecule has 2 aromatic heterocycles. The number of rotatable bonds is 9. The van der Waals surface area contributed by atoms with E-state index in [2.05, 4.69) is 68.2 Å². The normalized spacial score (nSPS) is 11.0. The summed E-state index contributed by atoms with van der Waals surface area (Å²) in [7, 11) is 3.19. The monoisotopic (exact) mass is 499 g/mol. The molecule has 5 rings (SSSR count). The molecule has 0 aliphatic carbocycles. The van der Waals surface area contributed by atoms with Crippen molar-refractivity contribution in [3.05, 3.63) is 95.6 Å². The van der Waals surface area contributed by atoms with Crippen LogP contribution >= 0.6 is 11.8 Å². The van der Waals surface area contributed by atoms with Crippen LogP contribution in [0.1, 0.15) is 22.8 Å². The Balaban J connectivity index is 1.38. The molecule has 0 unspecified atom stereocenters. The summed E-state index contributed by atoms with van der Waals surface area (Å²) in [4.78, 5) is 4.56. The van der Waals surface area contributed by atoms with Gasteiger partial charge in [0.2, 0.25) is 11.7 Å². The molecule has 8 nitrogen and oxygen atoms in total. The van der Waals surface area contributed by atoms with Gasteiger partial charge < -0.3 is 14.0 Å². The van der Waals surface area contributed by atoms with Crippen molar-refractivity contribution in [2.24, 2.45) is 0 Å². The zero-order valence-corrected chi connectivity index (χ0v) is 21.0. The minimum absolute atomic E-state index is 0.454. The molecule has 2 heterocycles. The lowest BCUT2D eigenvalue weighted by molar-refractivity contribution is 0.355. The topological polar surface area (TPSA) is 88.1 Å². The van der Waals surface area contributed by atoms with Crippen LogP contribution in [0.3, 0.4) is 0 Å². The summed E-state index contributed by atoms with van der Waals surface area (Å²) in [5.41, 5.74) is 4.15. The highest BCUT2D eigenvalue weighted by Crippen LogP contribution is 2.32. The zero-order chi connectivity index (χ0) is 24.9. The van der Waals surface area contributed by atoms with E-state index in [-0.39, 0.29) is 0 Å². The molecule has 0 amide bonds. The molecule has 0 aliphatic heterocycles. The van der Waals surface area contributed by atoms with Gasteiger partial charge in [0.25, 0.3) is 0 Å². The quantitative estimate of drug-likeness (QED) is 0.245. The average molecular weight is 500 g/mol. The average Bonchev–Trinajstić information content (AvgIpc) is 3.55. The first-order valence-electron chi connectivity index (χ1n) is 11.4. The molecular formula is C27H25N5O3S. The van der Waals surface area contributed by atoms with Crippen molar-refractivity contribution >= 4 is 11.8 Å². The van der Waals surface area contributed by atoms with Crippen LogP contribution in [0.25, 0.3) is 17.1 Å². The molecule has 9 heteroatoms. The van der Waals surface area contributed by atoms with Crippen LogP contribution in [0.15, 0.2) is 82.5 Å². The van der Waals surface area contributed by atoms with Crippen molar-refractivity contribution in [1.82, 2.24) is 24.9 Å². The van der Waals surface area contributed by atoms with E-state index in [1.807, 2.05) is 36.4 Å². The molecule has 0 saturated carbocycles. The molecule has 0 radical (unpaired) electrons. The van der Waals surface area contributed by atoms with Crippen LogP contribution in [0.5, 0.6) is 11.5 Å². The Kier molecular flexibility index (Phi) is 6.99. The third-order valence-corrected chi connectivity index (χ3v) is 6.55. The lowest BCUT2D eigenvalue weighted by atomic mass is 10.1. The van der Waals surface area contributed by atoms with E-state index in [0.717, 1.165) is 22.2 Å². The van der Waals surface area contributed by atoms with Crippen LogP contribution in [0.4, 0.5) is 0 Å². The van der Waals surface area contributed by atoms with Gasteiger partial charge in [0.1, 0.15) is 5.82 Å². The third-order valence-electron chi connectivity index (χ3n) is 5.63. The minimum atomic E-state index is 0.454. The van der Waals surface area contributed by atoms with Crippen LogP contribution in [-0.2, 0) is 12.2 Å². The maximum Gasteiger partial charge on any atom is 0.237 e. The van der Waals surface area contributed by atoms with Gasteiger partial charge in [0.15, 0.2) is 16.7 Å². The molecule has 0 spiro atoms. The number of methoxy groups -OCH3 is 2. The van der Waals surface area contributed by atoms with Crippen molar-refractivity contribution in [1.29, 1.82) is 0 Å². The van der Waals surface area contributed by atoms with Gasteiger partial charge in [0, 0.05) is 17.7 Å². The predicted octanol–water partition coefficient (Wildman–Crippen LogP) is 5.53. The first-order valence-corrected chi connectivity index (χ1v) is 12.4. The highest BCUT2D eigenvalue weighted by molar-refractivity contribution is 7.98. The Morgan fingerprint density at radius 2 is 1.67 bits per heavy atom. The van der Waals surface area contributed by atoms with E-state index in [9.17, 15) is 0 Å². The second-order valence-corrected chi connectivity index (χ2v) is 9.04. The fourth-order valence-corrected chi connectivity index (χ4v) is 4.58. The Morgan fingerprint density at radius 1 is 0.889 bits per heavy atom. The number of benzene rings is 3. The second kappa shape index (κ2) is 10.7. The molecular weight excluding hydrogens is 474 g/mol. The first kappa shape index (κ1) is 23.6. The summed E-state index contributed by atoms with van der Waals surface area (Å²) in [5, 5.41) is 13.9. The molecule has 0 N–H and O–H groups in total. The largest absolute Gasteiger partial charge is 0.493 e. The van der Waals surface area contributed by atoms with Crippen molar-refractivity contribution in [3.8, 4) is 28.6 Å². The summed E-state index contributed by atoms with van der Waals surface area (Å²) in [6.45, 7) is 2.07. The van der Waals surface area contributed by atoms with Gasteiger partial charge in [-0.3, -0.25) is 4.57 Å². The lowest BCUT2D eigenvalue weighted by Crippen LogP contribution is -2.04. The molecule has 3 aromatic carbocycles. The Bertz CT molecular complexity index is 1450. The number of aryl methyl sites for hydroxylation is 1. The zero-order valence-electron chi connectivity index (χ0n) is 20.2. The van der Waals surface area contributed by atoms with E-state index in [0.29, 0.717) is 35.4 Å². The molecule has 0 fully saturated rings. The second-order valence-electron chi connectivity index (χ2n) is 8.10. The number of ether oxygens (including phenoxy) is 2. The molecule has 0 aliphatic rings. The maximum absolute atomic E-state index is 5.52. The summed E-state index contributed by atoms with van der Waals surface area (Å²) in [5.74, 6) is 3.54. The number of nitrogens with zero attached hydrogens (tertiary/aromatic N) is 5. The fraction of sp³-hybridized carbons (Fsp3) is 0.185. The maximum atomic E-state index is 5.52. The lowest BCUT2D eigenvalue weighted by Gasteiger charge is -2.10. The summed E-state index contributed by atoms with van der Waals surface area (Å²) in [6, 6.07) is 24.1. The van der Waals surface area contributed by atoms with Crippen molar-refractivity contribution in [2.75, 3.05) is 14.2 Å². The van der Waals surface area contributed by atoms with Gasteiger partial charge >= 0.3 is 0 Å². The van der Waals surface area contributed by atoms with Gasteiger partial charge in [-0.1, -0.05) is 64.9 Å². The number of hydrogen-bond donors (Lipinski definition) is 0. The molecule has 36 heavy (non-hydrogen) atoms. The predicted molar refractivity (Wildman–Crippen MR) is 138 cm³/mol. The van der Waals surface area contributed by atoms with Crippen molar-refractivity contribution in [2.45, 2.75) is 24.3 Å². The van der Waals surface area contributed by atoms with Gasteiger partial charge in [0.05, 0.1) is 20.0 Å². The van der Waals surface area contributed by atoms with Crippen LogP contribution in [-0.4, -0.2) is 39.1 Å². The standard InChI is InChI=1S/C27H25N5O3S/c1-18-9-12-21(13-10-18)32-24(15-19-7-5-4-6-8-19)29-30-27(32)36-17-25-28-26(31-35-25)20-11-14-22(33-2)23(16-20)34-3/h4-14,16H,15,17H2,1-3H3. The summed E-state index contributed by atoms with van der Waals surface area (Å²) in [6.07, 6.45) is 0.673. The summed E-state index contributed by atoms with van der Waals surface area (Å²) >= 11 is 1.50. The van der Waals surface area contributed by atoms with Crippen LogP contribution < -0.4 is 9.47 Å². The number of hydrogen-bond acceptors (Lipinski definition) is 8. The fourth-order valence-electron chi connectivity index (χ4n) is 3.77. The third kappa shape index (κ3) is 5.11. The highest BCUT2D eigenvalue weighted by atomic mass is 32.2. The van der Waals surface area contributed by atoms with E-state index in [1.54, 1.807) is 14.2 Å². The summed E-state index contributed by atoms with van der Waals surface area (Å²) < 4.78 is 18.3. The van der Waals surface area contributed by atoms with Crippen LogP contribution in [0.2, 0.25) is 0 Å².